The summed E-state index contributed by atoms with van der Waals surface area (Å²) in [6, 6.07) is 7.02. The second-order valence-corrected chi connectivity index (χ2v) is 6.43. The van der Waals surface area contributed by atoms with Crippen molar-refractivity contribution >= 4 is 5.91 Å². The van der Waals surface area contributed by atoms with E-state index < -0.39 is 11.6 Å². The summed E-state index contributed by atoms with van der Waals surface area (Å²) in [4.78, 5) is 38.7. The Balaban J connectivity index is 1.58. The largest absolute Gasteiger partial charge is 0.350 e. The van der Waals surface area contributed by atoms with Crippen molar-refractivity contribution in [2.75, 3.05) is 6.54 Å². The fourth-order valence-electron chi connectivity index (χ4n) is 2.50. The van der Waals surface area contributed by atoms with Crippen LogP contribution in [0.1, 0.15) is 35.9 Å². The molecule has 0 unspecified atom stereocenters. The Morgan fingerprint density at radius 1 is 1.30 bits per heavy atom. The van der Waals surface area contributed by atoms with Gasteiger partial charge < -0.3 is 14.8 Å². The van der Waals surface area contributed by atoms with E-state index in [0.717, 1.165) is 0 Å². The minimum atomic E-state index is -0.532. The second kappa shape index (κ2) is 8.35. The zero-order chi connectivity index (χ0) is 19.2. The molecule has 0 aliphatic heterocycles. The Hall–Kier alpha value is -3.36. The van der Waals surface area contributed by atoms with Crippen molar-refractivity contribution < 1.29 is 9.32 Å². The van der Waals surface area contributed by atoms with E-state index in [1.807, 2.05) is 19.9 Å². The molecular weight excluding hydrogens is 348 g/mol. The maximum absolute atomic E-state index is 12.2. The molecule has 27 heavy (non-hydrogen) atoms. The van der Waals surface area contributed by atoms with Crippen molar-refractivity contribution in [1.29, 1.82) is 0 Å². The van der Waals surface area contributed by atoms with Gasteiger partial charge in [0, 0.05) is 24.9 Å². The molecule has 0 fully saturated rings. The number of nitrogens with zero attached hydrogens (tertiary/aromatic N) is 4. The smallest absolute Gasteiger partial charge is 0.345 e. The van der Waals surface area contributed by atoms with Crippen LogP contribution >= 0.6 is 0 Å². The normalized spacial score (nSPS) is 10.9. The number of rotatable bonds is 7. The van der Waals surface area contributed by atoms with Crippen molar-refractivity contribution in [1.82, 2.24) is 30.4 Å². The SMILES string of the molecule is CC(C)Cc1cc(C(=O)NCCc2nc(-c3ccccn3)no2)nc(=O)[nH]1. The molecule has 0 saturated carbocycles. The van der Waals surface area contributed by atoms with E-state index in [1.54, 1.807) is 24.4 Å². The Labute approximate surface area is 155 Å². The lowest BCUT2D eigenvalue weighted by atomic mass is 10.1. The standard InChI is InChI=1S/C18H20N6O3/c1-11(2)9-12-10-14(22-18(26)21-12)17(25)20-8-6-15-23-16(24-27-15)13-5-3-4-7-19-13/h3-5,7,10-11H,6,8-9H2,1-2H3,(H,20,25)(H,21,22,26). The predicted molar refractivity (Wildman–Crippen MR) is 97.0 cm³/mol. The molecule has 0 saturated heterocycles. The number of carbonyl (C=O) groups is 1. The van der Waals surface area contributed by atoms with Crippen LogP contribution in [-0.4, -0.2) is 37.5 Å². The van der Waals surface area contributed by atoms with E-state index in [2.05, 4.69) is 30.4 Å². The van der Waals surface area contributed by atoms with Gasteiger partial charge in [0.1, 0.15) is 11.4 Å². The Morgan fingerprint density at radius 3 is 2.89 bits per heavy atom. The van der Waals surface area contributed by atoms with Crippen LogP contribution in [0.2, 0.25) is 0 Å². The minimum absolute atomic E-state index is 0.0918. The molecule has 3 heterocycles. The second-order valence-electron chi connectivity index (χ2n) is 6.43. The summed E-state index contributed by atoms with van der Waals surface area (Å²) in [6.45, 7) is 4.33. The first kappa shape index (κ1) is 18.4. The van der Waals surface area contributed by atoms with Gasteiger partial charge in [-0.1, -0.05) is 25.1 Å². The number of pyridine rings is 1. The number of aromatic nitrogens is 5. The lowest BCUT2D eigenvalue weighted by Crippen LogP contribution is -2.29. The van der Waals surface area contributed by atoms with E-state index in [0.29, 0.717) is 41.9 Å². The molecule has 0 aromatic carbocycles. The van der Waals surface area contributed by atoms with Gasteiger partial charge >= 0.3 is 5.69 Å². The summed E-state index contributed by atoms with van der Waals surface area (Å²) < 4.78 is 5.17. The van der Waals surface area contributed by atoms with Gasteiger partial charge in [0.05, 0.1) is 0 Å². The summed E-state index contributed by atoms with van der Waals surface area (Å²) in [6.07, 6.45) is 2.66. The highest BCUT2D eigenvalue weighted by Gasteiger charge is 2.13. The van der Waals surface area contributed by atoms with Crippen molar-refractivity contribution in [2.24, 2.45) is 5.92 Å². The third-order valence-electron chi connectivity index (χ3n) is 3.65. The van der Waals surface area contributed by atoms with Crippen molar-refractivity contribution in [2.45, 2.75) is 26.7 Å². The van der Waals surface area contributed by atoms with Crippen LogP contribution in [0.5, 0.6) is 0 Å². The number of hydrogen-bond acceptors (Lipinski definition) is 7. The molecule has 140 valence electrons. The van der Waals surface area contributed by atoms with E-state index in [9.17, 15) is 9.59 Å². The van der Waals surface area contributed by atoms with Crippen LogP contribution in [0.25, 0.3) is 11.5 Å². The molecule has 0 aliphatic rings. The van der Waals surface area contributed by atoms with Crippen molar-refractivity contribution in [3.05, 3.63) is 58.2 Å². The number of aromatic amines is 1. The molecule has 1 amide bonds. The third-order valence-corrected chi connectivity index (χ3v) is 3.65. The van der Waals surface area contributed by atoms with Crippen LogP contribution in [0.15, 0.2) is 39.8 Å². The van der Waals surface area contributed by atoms with Gasteiger partial charge in [-0.05, 0) is 30.5 Å². The van der Waals surface area contributed by atoms with Gasteiger partial charge in [0.2, 0.25) is 11.7 Å². The molecule has 3 aromatic rings. The van der Waals surface area contributed by atoms with Crippen LogP contribution in [0.4, 0.5) is 0 Å². The summed E-state index contributed by atoms with van der Waals surface area (Å²) in [5.74, 6) is 0.710. The minimum Gasteiger partial charge on any atom is -0.350 e. The number of nitrogens with one attached hydrogen (secondary N) is 2. The fourth-order valence-corrected chi connectivity index (χ4v) is 2.50. The molecular formula is C18H20N6O3. The summed E-state index contributed by atoms with van der Waals surface area (Å²) in [7, 11) is 0. The van der Waals surface area contributed by atoms with Gasteiger partial charge in [-0.2, -0.15) is 9.97 Å². The highest BCUT2D eigenvalue weighted by molar-refractivity contribution is 5.92. The van der Waals surface area contributed by atoms with Gasteiger partial charge in [-0.3, -0.25) is 9.78 Å². The topological polar surface area (TPSA) is 127 Å². The van der Waals surface area contributed by atoms with Gasteiger partial charge in [0.15, 0.2) is 0 Å². The summed E-state index contributed by atoms with van der Waals surface area (Å²) in [5, 5.41) is 6.58. The first-order valence-corrected chi connectivity index (χ1v) is 8.63. The monoisotopic (exact) mass is 368 g/mol. The zero-order valence-corrected chi connectivity index (χ0v) is 15.1. The number of hydrogen-bond donors (Lipinski definition) is 2. The van der Waals surface area contributed by atoms with Crippen molar-refractivity contribution in [3.63, 3.8) is 0 Å². The first-order valence-electron chi connectivity index (χ1n) is 8.63. The average molecular weight is 368 g/mol. The quantitative estimate of drug-likeness (QED) is 0.645. The van der Waals surface area contributed by atoms with Gasteiger partial charge in [-0.25, -0.2) is 4.79 Å². The Kier molecular flexibility index (Phi) is 5.70. The molecule has 9 nitrogen and oxygen atoms in total. The first-order chi connectivity index (χ1) is 13.0. The molecule has 9 heteroatoms. The molecule has 0 radical (unpaired) electrons. The predicted octanol–water partition coefficient (Wildman–Crippen LogP) is 1.39. The highest BCUT2D eigenvalue weighted by Crippen LogP contribution is 2.11. The van der Waals surface area contributed by atoms with E-state index in [1.165, 1.54) is 0 Å². The van der Waals surface area contributed by atoms with Crippen LogP contribution in [0.3, 0.4) is 0 Å². The molecule has 0 bridgehead atoms. The Bertz CT molecular complexity index is 964. The maximum atomic E-state index is 12.2. The van der Waals surface area contributed by atoms with E-state index in [4.69, 9.17) is 4.52 Å². The molecule has 0 spiro atoms. The summed E-state index contributed by atoms with van der Waals surface area (Å²) >= 11 is 0. The average Bonchev–Trinajstić information content (AvgIpc) is 3.10. The Morgan fingerprint density at radius 2 is 2.15 bits per heavy atom. The van der Waals surface area contributed by atoms with Gasteiger partial charge in [-0.15, -0.1) is 0 Å². The maximum Gasteiger partial charge on any atom is 0.345 e. The van der Waals surface area contributed by atoms with Crippen LogP contribution in [0, 0.1) is 5.92 Å². The third kappa shape index (κ3) is 5.06. The number of H-pyrrole nitrogens is 1. The molecule has 0 atom stereocenters. The lowest BCUT2D eigenvalue weighted by molar-refractivity contribution is 0.0947. The molecule has 0 aliphatic carbocycles. The number of carbonyl (C=O) groups excluding carboxylic acids is 1. The zero-order valence-electron chi connectivity index (χ0n) is 15.1. The number of amides is 1. The molecule has 2 N–H and O–H groups in total. The van der Waals surface area contributed by atoms with E-state index in [-0.39, 0.29) is 12.2 Å². The van der Waals surface area contributed by atoms with Crippen molar-refractivity contribution in [3.8, 4) is 11.5 Å². The molecule has 3 rings (SSSR count). The van der Waals surface area contributed by atoms with Gasteiger partial charge in [0.25, 0.3) is 5.91 Å². The molecule has 3 aromatic heterocycles. The fraction of sp³-hybridized carbons (Fsp3) is 0.333. The highest BCUT2D eigenvalue weighted by atomic mass is 16.5. The summed E-state index contributed by atoms with van der Waals surface area (Å²) in [5.41, 5.74) is 0.860. The van der Waals surface area contributed by atoms with Crippen LogP contribution < -0.4 is 11.0 Å². The van der Waals surface area contributed by atoms with E-state index >= 15 is 0 Å². The lowest BCUT2D eigenvalue weighted by Gasteiger charge is -2.07. The van der Waals surface area contributed by atoms with Crippen LogP contribution in [-0.2, 0) is 12.8 Å².